The summed E-state index contributed by atoms with van der Waals surface area (Å²) in [5.41, 5.74) is 3.46. The lowest BCUT2D eigenvalue weighted by Gasteiger charge is -2.35. The van der Waals surface area contributed by atoms with E-state index in [-0.39, 0.29) is 30.8 Å². The van der Waals surface area contributed by atoms with Crippen molar-refractivity contribution < 1.29 is 81.8 Å². The fourth-order valence-electron chi connectivity index (χ4n) is 9.33. The van der Waals surface area contributed by atoms with Gasteiger partial charge in [-0.05, 0) is 57.6 Å². The van der Waals surface area contributed by atoms with Crippen LogP contribution in [0.1, 0.15) is 166 Å². The van der Waals surface area contributed by atoms with E-state index in [1.807, 2.05) is 41.5 Å². The fraction of sp³-hybridized carbons (Fsp3) is 0.764. The monoisotopic (exact) mass is 1120 g/mol. The number of hydrogen-bond donors (Lipinski definition) is 4. The van der Waals surface area contributed by atoms with Crippen molar-refractivity contribution in [2.75, 3.05) is 25.3 Å². The van der Waals surface area contributed by atoms with Crippen molar-refractivity contribution in [2.24, 2.45) is 40.5 Å². The molecule has 4 heterocycles. The number of ether oxygens (including phenoxy) is 8. The number of amidine groups is 1. The molecular weight excluding hydrogens is 1030 g/mol. The first-order valence-electron chi connectivity index (χ1n) is 28.3. The van der Waals surface area contributed by atoms with Crippen molar-refractivity contribution in [3.8, 4) is 0 Å². The van der Waals surface area contributed by atoms with E-state index in [4.69, 9.17) is 42.7 Å². The smallest absolute Gasteiger partial charge is 0.351 e. The first kappa shape index (κ1) is 65.8. The van der Waals surface area contributed by atoms with Crippen LogP contribution in [0.2, 0.25) is 0 Å². The van der Waals surface area contributed by atoms with Gasteiger partial charge < -0.3 is 47.9 Å². The number of esters is 6. The number of carbonyl (C=O) groups excluding carboxylic acids is 6. The van der Waals surface area contributed by atoms with Gasteiger partial charge in [-0.1, -0.05) is 114 Å². The molecule has 4 N–H and O–H groups in total. The Morgan fingerprint density at radius 3 is 1.62 bits per heavy atom. The summed E-state index contributed by atoms with van der Waals surface area (Å²) in [5.74, 6) is -7.32. The van der Waals surface area contributed by atoms with E-state index < -0.39 is 133 Å². The molecule has 0 spiro atoms. The number of aromatic nitrogens is 2. The zero-order valence-electron chi connectivity index (χ0n) is 48.0. The van der Waals surface area contributed by atoms with Gasteiger partial charge in [0, 0.05) is 12.4 Å². The Morgan fingerprint density at radius 2 is 1.11 bits per heavy atom. The minimum atomic E-state index is -1.71. The van der Waals surface area contributed by atoms with Crippen molar-refractivity contribution in [1.29, 1.82) is 0 Å². The Bertz CT molecular complexity index is 2230. The van der Waals surface area contributed by atoms with Crippen molar-refractivity contribution in [3.05, 3.63) is 35.0 Å². The van der Waals surface area contributed by atoms with Crippen molar-refractivity contribution in [1.82, 2.24) is 19.9 Å². The molecule has 446 valence electrons. The Balaban J connectivity index is 1.59. The van der Waals surface area contributed by atoms with E-state index in [1.165, 1.54) is 36.4 Å². The van der Waals surface area contributed by atoms with Crippen molar-refractivity contribution in [2.45, 2.75) is 215 Å². The lowest BCUT2D eigenvalue weighted by atomic mass is 9.97. The number of nitrogens with zero attached hydrogens (tertiary/aromatic N) is 4. The zero-order chi connectivity index (χ0) is 58.3. The lowest BCUT2D eigenvalue weighted by molar-refractivity contribution is -0.179. The summed E-state index contributed by atoms with van der Waals surface area (Å²) in [7, 11) is 0. The molecule has 0 aromatic carbocycles. The molecule has 0 amide bonds. The van der Waals surface area contributed by atoms with E-state index in [0.29, 0.717) is 51.4 Å². The maximum Gasteiger partial charge on any atom is 0.351 e. The van der Waals surface area contributed by atoms with Gasteiger partial charge in [-0.3, -0.25) is 48.9 Å². The molecule has 1 aromatic rings. The summed E-state index contributed by atoms with van der Waals surface area (Å²) in [6.45, 7) is 18.7. The molecule has 2 saturated heterocycles. The fourth-order valence-corrected chi connectivity index (χ4v) is 9.33. The number of unbranched alkanes of at least 4 members (excludes halogenated alkanes) is 1. The maximum atomic E-state index is 14.1. The quantitative estimate of drug-likeness (QED) is 0.0336. The zero-order valence-corrected chi connectivity index (χ0v) is 48.0. The molecule has 0 saturated carbocycles. The van der Waals surface area contributed by atoms with Crippen LogP contribution in [0.4, 0.5) is 5.82 Å². The van der Waals surface area contributed by atoms with E-state index >= 15 is 0 Å². The number of rotatable bonds is 33. The highest BCUT2D eigenvalue weighted by Gasteiger charge is 2.55. The van der Waals surface area contributed by atoms with Gasteiger partial charge in [0.05, 0.1) is 42.1 Å². The Hall–Kier alpha value is -5.69. The Labute approximate surface area is 463 Å². The molecule has 1 aromatic heterocycles. The lowest BCUT2D eigenvalue weighted by Crippen LogP contribution is -2.51. The van der Waals surface area contributed by atoms with Gasteiger partial charge in [-0.2, -0.15) is 4.98 Å². The second kappa shape index (κ2) is 33.2. The van der Waals surface area contributed by atoms with Gasteiger partial charge in [-0.25, -0.2) is 15.3 Å². The van der Waals surface area contributed by atoms with Gasteiger partial charge >= 0.3 is 41.5 Å². The third-order valence-corrected chi connectivity index (χ3v) is 13.7. The highest BCUT2D eigenvalue weighted by molar-refractivity contribution is 5.92. The number of nitrogens with one attached hydrogen (secondary N) is 2. The first-order chi connectivity index (χ1) is 37.8. The van der Waals surface area contributed by atoms with Crippen LogP contribution < -0.4 is 16.6 Å². The van der Waals surface area contributed by atoms with E-state index in [2.05, 4.69) is 15.5 Å². The minimum Gasteiger partial charge on any atom is -0.463 e. The largest absolute Gasteiger partial charge is 0.463 e. The highest BCUT2D eigenvalue weighted by atomic mass is 16.7. The molecule has 3 unspecified atom stereocenters. The number of carbonyl (C=O) groups is 6. The second-order valence-corrected chi connectivity index (χ2v) is 21.0. The summed E-state index contributed by atoms with van der Waals surface area (Å²) in [4.78, 5) is 109. The van der Waals surface area contributed by atoms with E-state index in [1.54, 1.807) is 33.2 Å². The van der Waals surface area contributed by atoms with Gasteiger partial charge in [0.25, 0.3) is 0 Å². The number of hydroxylamine groups is 1. The molecule has 0 bridgehead atoms. The topological polar surface area (TPSA) is 301 Å². The average Bonchev–Trinajstić information content (AvgIpc) is 4.09. The van der Waals surface area contributed by atoms with Gasteiger partial charge in [0.1, 0.15) is 25.4 Å². The van der Waals surface area contributed by atoms with Gasteiger partial charge in [-0.15, -0.1) is 0 Å². The van der Waals surface area contributed by atoms with Crippen molar-refractivity contribution in [3.63, 3.8) is 0 Å². The van der Waals surface area contributed by atoms with Crippen LogP contribution in [0.3, 0.4) is 0 Å². The summed E-state index contributed by atoms with van der Waals surface area (Å²) < 4.78 is 49.3. The molecule has 2 fully saturated rings. The summed E-state index contributed by atoms with van der Waals surface area (Å²) in [6.07, 6.45) is 0.633. The number of hydrogen-bond acceptors (Lipinski definition) is 23. The van der Waals surface area contributed by atoms with Crippen LogP contribution in [0.15, 0.2) is 34.3 Å². The molecule has 24 nitrogen and oxygen atoms in total. The van der Waals surface area contributed by atoms with Crippen LogP contribution in [0.5, 0.6) is 0 Å². The van der Waals surface area contributed by atoms with Crippen LogP contribution in [0, 0.1) is 35.5 Å². The Morgan fingerprint density at radius 1 is 0.633 bits per heavy atom. The van der Waals surface area contributed by atoms with Crippen LogP contribution >= 0.6 is 0 Å². The standard InChI is InChI=1S/C55H88N6O18/c1-12-18-24-37(23-17-6)53(67)77-43-39(31-72-51(65)35(19-13-2)20-14-3)75-47(45(43)79-52(66)36(21-15-4)22-16-5)61-28-26-41(57-55(61)69)59-73-29-34(11)50(64)78-44-42(76-49(63)33(9)10)38(30-71-48(62)32(7)8)74-46(44)60-27-25-40(58-70)56-54(60)68/h25-28,32-39,42-47,55,69-70H,12-24,29-31H2,1-11H3,(H,57,59)(H,56,58,68)/t34?,37?,38-,39-,42-,43-,44-,45-,46-,47-,55?/m1/s1. The molecule has 79 heavy (non-hydrogen) atoms. The molecule has 24 heteroatoms. The molecule has 3 aliphatic heterocycles. The SMILES string of the molecule is CCCCC(CCC)C(=O)O[C@H]1[C@@H](OC(=O)C(CCC)CCC)[C@H](N2C=CC(NOCC(C)C(=O)O[C@@H]3[C@H](OC(=O)C(C)C)[C@@H](COC(=O)C(C)C)O[C@H]3n3ccc(NO)nc3=O)=NC2O)O[C@@H]1COC(=O)C(CCC)CCC. The van der Waals surface area contributed by atoms with E-state index in [9.17, 15) is 43.9 Å². The molecule has 0 radical (unpaired) electrons. The third kappa shape index (κ3) is 19.0. The maximum absolute atomic E-state index is 14.1. The van der Waals surface area contributed by atoms with Gasteiger partial charge in [0.2, 0.25) is 6.35 Å². The minimum absolute atomic E-state index is 0.0112. The predicted octanol–water partition coefficient (Wildman–Crippen LogP) is 6.41. The molecule has 4 rings (SSSR count). The van der Waals surface area contributed by atoms with Crippen molar-refractivity contribution >= 4 is 47.5 Å². The Kier molecular flexibility index (Phi) is 27.6. The second-order valence-electron chi connectivity index (χ2n) is 21.0. The third-order valence-electron chi connectivity index (χ3n) is 13.7. The van der Waals surface area contributed by atoms with Crippen LogP contribution in [-0.4, -0.2) is 135 Å². The summed E-state index contributed by atoms with van der Waals surface area (Å²) >= 11 is 0. The normalized spacial score (nSPS) is 23.6. The summed E-state index contributed by atoms with van der Waals surface area (Å²) in [6, 6.07) is 1.25. The molecule has 0 aliphatic carbocycles. The number of anilines is 1. The number of aliphatic hydroxyl groups excluding tert-OH is 1. The van der Waals surface area contributed by atoms with Gasteiger partial charge in [0.15, 0.2) is 48.5 Å². The molecular formula is C55H88N6O18. The first-order valence-corrected chi connectivity index (χ1v) is 28.3. The number of aliphatic hydroxyl groups is 1. The number of aliphatic imine (C=N–C) groups is 1. The summed E-state index contributed by atoms with van der Waals surface area (Å²) in [5, 5.41) is 21.0. The average molecular weight is 1120 g/mol. The van der Waals surface area contributed by atoms with E-state index in [0.717, 1.165) is 36.7 Å². The highest BCUT2D eigenvalue weighted by Crippen LogP contribution is 2.37. The predicted molar refractivity (Wildman–Crippen MR) is 285 cm³/mol. The van der Waals surface area contributed by atoms with Crippen LogP contribution in [-0.2, 0) is 71.5 Å². The molecule has 11 atom stereocenters. The molecule has 3 aliphatic rings. The van der Waals surface area contributed by atoms with Crippen LogP contribution in [0.25, 0.3) is 0 Å².